The summed E-state index contributed by atoms with van der Waals surface area (Å²) < 4.78 is 42.6. The number of nitrogens with one attached hydrogen (secondary N) is 1. The smallest absolute Gasteiger partial charge is 0.275 e. The van der Waals surface area contributed by atoms with Crippen molar-refractivity contribution >= 4 is 16.8 Å². The van der Waals surface area contributed by atoms with Gasteiger partial charge in [0.2, 0.25) is 0 Å². The molecular weight excluding hydrogens is 419 g/mol. The van der Waals surface area contributed by atoms with Crippen LogP contribution in [0.25, 0.3) is 22.2 Å². The molecule has 0 saturated heterocycles. The SMILES string of the molecule is Cc1ccc2c(C(=O)N3CCc4c(nn(C)c4-c4cc(F)c(F)c(F)c4)[C@@H]3C)n[nH]c2c1. The second-order valence-electron chi connectivity index (χ2n) is 8.14. The minimum absolute atomic E-state index is 0.207. The van der Waals surface area contributed by atoms with Crippen molar-refractivity contribution in [2.45, 2.75) is 26.3 Å². The van der Waals surface area contributed by atoms with Gasteiger partial charge in [-0.2, -0.15) is 10.2 Å². The first-order valence-corrected chi connectivity index (χ1v) is 10.2. The Morgan fingerprint density at radius 2 is 1.88 bits per heavy atom. The zero-order valence-corrected chi connectivity index (χ0v) is 17.7. The molecule has 0 unspecified atom stereocenters. The van der Waals surface area contributed by atoms with Crippen LogP contribution < -0.4 is 0 Å². The zero-order valence-electron chi connectivity index (χ0n) is 17.7. The lowest BCUT2D eigenvalue weighted by molar-refractivity contribution is 0.0669. The van der Waals surface area contributed by atoms with Gasteiger partial charge in [-0.25, -0.2) is 13.2 Å². The zero-order chi connectivity index (χ0) is 22.7. The highest BCUT2D eigenvalue weighted by molar-refractivity contribution is 6.05. The van der Waals surface area contributed by atoms with E-state index in [-0.39, 0.29) is 17.5 Å². The van der Waals surface area contributed by atoms with Gasteiger partial charge in [0.25, 0.3) is 5.91 Å². The van der Waals surface area contributed by atoms with Crippen molar-refractivity contribution < 1.29 is 18.0 Å². The molecule has 164 valence electrons. The third-order valence-electron chi connectivity index (χ3n) is 6.08. The molecule has 2 aromatic heterocycles. The van der Waals surface area contributed by atoms with E-state index < -0.39 is 17.5 Å². The lowest BCUT2D eigenvalue weighted by atomic mass is 9.95. The summed E-state index contributed by atoms with van der Waals surface area (Å²) in [6.45, 7) is 4.21. The molecule has 9 heteroatoms. The van der Waals surface area contributed by atoms with Gasteiger partial charge in [0.05, 0.1) is 22.9 Å². The molecule has 4 aromatic rings. The Bertz CT molecular complexity index is 1370. The van der Waals surface area contributed by atoms with Crippen LogP contribution in [0.4, 0.5) is 13.2 Å². The average Bonchev–Trinajstić information content (AvgIpc) is 3.32. The van der Waals surface area contributed by atoms with Crippen molar-refractivity contribution in [1.82, 2.24) is 24.9 Å². The van der Waals surface area contributed by atoms with Crippen molar-refractivity contribution in [2.75, 3.05) is 6.54 Å². The van der Waals surface area contributed by atoms with Crippen molar-refractivity contribution in [1.29, 1.82) is 0 Å². The first-order chi connectivity index (χ1) is 15.3. The topological polar surface area (TPSA) is 66.8 Å². The highest BCUT2D eigenvalue weighted by Gasteiger charge is 2.35. The molecule has 1 aliphatic heterocycles. The summed E-state index contributed by atoms with van der Waals surface area (Å²) >= 11 is 0. The Morgan fingerprint density at radius 1 is 1.16 bits per heavy atom. The van der Waals surface area contributed by atoms with E-state index in [0.717, 1.165) is 34.2 Å². The molecule has 5 rings (SSSR count). The molecular formula is C23H20F3N5O. The van der Waals surface area contributed by atoms with Crippen molar-refractivity contribution in [3.63, 3.8) is 0 Å². The molecule has 0 radical (unpaired) electrons. The Morgan fingerprint density at radius 3 is 2.59 bits per heavy atom. The van der Waals surface area contributed by atoms with Crippen LogP contribution in [0, 0.1) is 24.4 Å². The summed E-state index contributed by atoms with van der Waals surface area (Å²) in [6.07, 6.45) is 0.441. The van der Waals surface area contributed by atoms with E-state index in [1.807, 2.05) is 32.0 Å². The average molecular weight is 439 g/mol. The molecule has 0 fully saturated rings. The summed E-state index contributed by atoms with van der Waals surface area (Å²) in [6, 6.07) is 7.29. The molecule has 1 aliphatic rings. The van der Waals surface area contributed by atoms with Crippen LogP contribution in [-0.2, 0) is 13.5 Å². The monoisotopic (exact) mass is 439 g/mol. The van der Waals surface area contributed by atoms with Crippen molar-refractivity contribution in [3.05, 3.63) is 70.3 Å². The van der Waals surface area contributed by atoms with E-state index in [2.05, 4.69) is 15.3 Å². The maximum atomic E-state index is 13.8. The number of carbonyl (C=O) groups excluding carboxylic acids is 1. The van der Waals surface area contributed by atoms with E-state index in [1.54, 1.807) is 11.9 Å². The Balaban J connectivity index is 1.52. The molecule has 1 atom stereocenters. The molecule has 2 aromatic carbocycles. The van der Waals surface area contributed by atoms with E-state index >= 15 is 0 Å². The molecule has 32 heavy (non-hydrogen) atoms. The number of halogens is 3. The van der Waals surface area contributed by atoms with Gasteiger partial charge < -0.3 is 4.90 Å². The van der Waals surface area contributed by atoms with Crippen LogP contribution in [0.2, 0.25) is 0 Å². The number of rotatable bonds is 2. The van der Waals surface area contributed by atoms with Crippen LogP contribution in [0.5, 0.6) is 0 Å². The van der Waals surface area contributed by atoms with Gasteiger partial charge in [-0.15, -0.1) is 0 Å². The highest BCUT2D eigenvalue weighted by atomic mass is 19.2. The molecule has 1 amide bonds. The van der Waals surface area contributed by atoms with Crippen LogP contribution in [-0.4, -0.2) is 37.3 Å². The van der Waals surface area contributed by atoms with E-state index in [4.69, 9.17) is 0 Å². The normalized spacial score (nSPS) is 15.9. The summed E-state index contributed by atoms with van der Waals surface area (Å²) in [4.78, 5) is 15.0. The maximum Gasteiger partial charge on any atom is 0.275 e. The van der Waals surface area contributed by atoms with Crippen LogP contribution in [0.3, 0.4) is 0 Å². The van der Waals surface area contributed by atoms with Gasteiger partial charge in [-0.3, -0.25) is 14.6 Å². The number of carbonyl (C=O) groups is 1. The molecule has 0 saturated carbocycles. The van der Waals surface area contributed by atoms with E-state index in [0.29, 0.717) is 30.0 Å². The number of fused-ring (bicyclic) bond motifs is 2. The van der Waals surface area contributed by atoms with Crippen LogP contribution >= 0.6 is 0 Å². The van der Waals surface area contributed by atoms with Gasteiger partial charge in [-0.1, -0.05) is 12.1 Å². The minimum atomic E-state index is -1.50. The third kappa shape index (κ3) is 2.99. The van der Waals surface area contributed by atoms with Crippen LogP contribution in [0.1, 0.15) is 40.3 Å². The Hall–Kier alpha value is -3.62. The number of nitrogens with zero attached hydrogens (tertiary/aromatic N) is 4. The molecule has 0 aliphatic carbocycles. The summed E-state index contributed by atoms with van der Waals surface area (Å²) in [7, 11) is 1.66. The fourth-order valence-electron chi connectivity index (χ4n) is 4.51. The number of hydrogen-bond acceptors (Lipinski definition) is 3. The van der Waals surface area contributed by atoms with E-state index in [1.165, 1.54) is 4.68 Å². The fourth-order valence-corrected chi connectivity index (χ4v) is 4.51. The second kappa shape index (κ2) is 7.22. The largest absolute Gasteiger partial charge is 0.328 e. The first kappa shape index (κ1) is 20.3. The third-order valence-corrected chi connectivity index (χ3v) is 6.08. The quantitative estimate of drug-likeness (QED) is 0.470. The van der Waals surface area contributed by atoms with Gasteiger partial charge >= 0.3 is 0 Å². The number of aromatic nitrogens is 4. The number of aryl methyl sites for hydroxylation is 2. The second-order valence-corrected chi connectivity index (χ2v) is 8.14. The molecule has 6 nitrogen and oxygen atoms in total. The molecule has 1 N–H and O–H groups in total. The first-order valence-electron chi connectivity index (χ1n) is 10.2. The number of aromatic amines is 1. The lowest BCUT2D eigenvalue weighted by Crippen LogP contribution is -2.39. The summed E-state index contributed by atoms with van der Waals surface area (Å²) in [5, 5.41) is 12.4. The Labute approximate surface area is 181 Å². The minimum Gasteiger partial charge on any atom is -0.328 e. The summed E-state index contributed by atoms with van der Waals surface area (Å²) in [5.74, 6) is -4.23. The van der Waals surface area contributed by atoms with Gasteiger partial charge in [0, 0.05) is 30.1 Å². The van der Waals surface area contributed by atoms with Crippen LogP contribution in [0.15, 0.2) is 30.3 Å². The lowest BCUT2D eigenvalue weighted by Gasteiger charge is -2.32. The Kier molecular flexibility index (Phi) is 4.58. The van der Waals surface area contributed by atoms with Gasteiger partial charge in [0.1, 0.15) is 0 Å². The van der Waals surface area contributed by atoms with E-state index in [9.17, 15) is 18.0 Å². The predicted octanol–water partition coefficient (Wildman–Crippen LogP) is 4.45. The predicted molar refractivity (Wildman–Crippen MR) is 113 cm³/mol. The maximum absolute atomic E-state index is 13.8. The number of benzene rings is 2. The fraction of sp³-hybridized carbons (Fsp3) is 0.261. The standard InChI is InChI=1S/C23H20F3N5O/c1-11-4-5-14-18(8-11)27-28-21(14)23(32)31-7-6-15-20(12(31)2)29-30(3)22(15)13-9-16(24)19(26)17(25)10-13/h4-5,8-10,12H,6-7H2,1-3H3,(H,27,28)/t12-/m0/s1. The number of H-pyrrole nitrogens is 1. The van der Waals surface area contributed by atoms with Gasteiger partial charge in [0.15, 0.2) is 23.1 Å². The molecule has 0 spiro atoms. The molecule has 0 bridgehead atoms. The summed E-state index contributed by atoms with van der Waals surface area (Å²) in [5.41, 5.74) is 4.34. The molecule has 3 heterocycles. The number of hydrogen-bond donors (Lipinski definition) is 1. The highest BCUT2D eigenvalue weighted by Crippen LogP contribution is 2.37. The number of amides is 1. The van der Waals surface area contributed by atoms with Crippen molar-refractivity contribution in [2.24, 2.45) is 7.05 Å². The van der Waals surface area contributed by atoms with Crippen molar-refractivity contribution in [3.8, 4) is 11.3 Å². The van der Waals surface area contributed by atoms with Gasteiger partial charge in [-0.05, 0) is 44.0 Å².